The molecule has 3 aromatic rings. The van der Waals surface area contributed by atoms with E-state index in [0.717, 1.165) is 45.6 Å². The van der Waals surface area contributed by atoms with Crippen LogP contribution in [0.15, 0.2) is 60.8 Å². The van der Waals surface area contributed by atoms with Gasteiger partial charge >= 0.3 is 0 Å². The van der Waals surface area contributed by atoms with Crippen LogP contribution in [-0.2, 0) is 22.6 Å². The van der Waals surface area contributed by atoms with Crippen LogP contribution >= 0.6 is 0 Å². The molecule has 1 N–H and O–H groups in total. The minimum Gasteiger partial charge on any atom is -0.377 e. The predicted molar refractivity (Wildman–Crippen MR) is 120 cm³/mol. The number of ether oxygens (including phenoxy) is 1. The summed E-state index contributed by atoms with van der Waals surface area (Å²) in [6, 6.07) is 19.3. The van der Waals surface area contributed by atoms with Crippen LogP contribution in [0.25, 0.3) is 10.9 Å². The molecule has 1 saturated heterocycles. The molecule has 2 aromatic carbocycles. The second-order valence-corrected chi connectivity index (χ2v) is 8.03. The topological polar surface area (TPSA) is 46.5 Å². The van der Waals surface area contributed by atoms with Crippen LogP contribution in [0.5, 0.6) is 0 Å². The van der Waals surface area contributed by atoms with Crippen LogP contribution in [0.1, 0.15) is 30.9 Å². The molecule has 0 bridgehead atoms. The second kappa shape index (κ2) is 9.92. The molecule has 0 atom stereocenters. The lowest BCUT2D eigenvalue weighted by Crippen LogP contribution is -2.40. The number of amides is 1. The van der Waals surface area contributed by atoms with Crippen LogP contribution < -0.4 is 5.32 Å². The number of carbonyl (C=O) groups is 1. The Kier molecular flexibility index (Phi) is 6.82. The number of piperidine rings is 1. The van der Waals surface area contributed by atoms with Crippen molar-refractivity contribution in [1.29, 1.82) is 0 Å². The van der Waals surface area contributed by atoms with Crippen molar-refractivity contribution in [1.82, 2.24) is 14.8 Å². The van der Waals surface area contributed by atoms with Gasteiger partial charge in [0.25, 0.3) is 0 Å². The third-order valence-electron chi connectivity index (χ3n) is 5.93. The zero-order valence-electron chi connectivity index (χ0n) is 17.7. The lowest BCUT2D eigenvalue weighted by Gasteiger charge is -2.31. The predicted octanol–water partition coefficient (Wildman–Crippen LogP) is 3.81. The van der Waals surface area contributed by atoms with Crippen molar-refractivity contribution in [2.45, 2.75) is 39.0 Å². The second-order valence-electron chi connectivity index (χ2n) is 8.03. The Balaban J connectivity index is 1.25. The monoisotopic (exact) mass is 405 g/mol. The zero-order valence-corrected chi connectivity index (χ0v) is 17.7. The van der Waals surface area contributed by atoms with Gasteiger partial charge in [0.1, 0.15) is 0 Å². The summed E-state index contributed by atoms with van der Waals surface area (Å²) < 4.78 is 8.31. The third kappa shape index (κ3) is 5.10. The number of carbonyl (C=O) groups excluding carboxylic acids is 1. The van der Waals surface area contributed by atoms with Crippen molar-refractivity contribution in [3.63, 3.8) is 0 Å². The molecule has 4 rings (SSSR count). The van der Waals surface area contributed by atoms with E-state index in [4.69, 9.17) is 4.74 Å². The van der Waals surface area contributed by atoms with E-state index in [-0.39, 0.29) is 12.0 Å². The molecule has 0 unspecified atom stereocenters. The van der Waals surface area contributed by atoms with Crippen LogP contribution in [-0.4, -0.2) is 47.7 Å². The maximum absolute atomic E-state index is 11.4. The van der Waals surface area contributed by atoms with Gasteiger partial charge in [0.05, 0.1) is 12.7 Å². The number of likely N-dealkylation sites (tertiary alicyclic amines) is 1. The molecule has 2 heterocycles. The molecule has 0 aliphatic carbocycles. The summed E-state index contributed by atoms with van der Waals surface area (Å²) in [4.78, 5) is 13.3. The molecular weight excluding hydrogens is 374 g/mol. The zero-order chi connectivity index (χ0) is 20.8. The lowest BCUT2D eigenvalue weighted by atomic mass is 10.1. The number of aromatic nitrogens is 1. The van der Waals surface area contributed by atoms with E-state index in [1.165, 1.54) is 22.0 Å². The molecule has 0 spiro atoms. The van der Waals surface area contributed by atoms with E-state index < -0.39 is 0 Å². The van der Waals surface area contributed by atoms with Gasteiger partial charge in [-0.25, -0.2) is 0 Å². The first-order valence-corrected chi connectivity index (χ1v) is 10.9. The smallest absolute Gasteiger partial charge is 0.219 e. The van der Waals surface area contributed by atoms with E-state index in [0.29, 0.717) is 6.61 Å². The number of nitrogens with one attached hydrogen (secondary N) is 1. The van der Waals surface area contributed by atoms with Crippen molar-refractivity contribution in [3.8, 4) is 0 Å². The minimum atomic E-state index is 0.168. The molecule has 1 amide bonds. The largest absolute Gasteiger partial charge is 0.377 e. The van der Waals surface area contributed by atoms with E-state index in [1.54, 1.807) is 6.92 Å². The fourth-order valence-electron chi connectivity index (χ4n) is 4.22. The SMILES string of the molecule is CC(=O)N1CCC(OCCNCc2cccc3c2ccn3Cc2ccccc2)CC1. The molecule has 1 aromatic heterocycles. The van der Waals surface area contributed by atoms with Crippen LogP contribution in [0.2, 0.25) is 0 Å². The fourth-order valence-corrected chi connectivity index (χ4v) is 4.22. The first-order chi connectivity index (χ1) is 14.7. The maximum Gasteiger partial charge on any atom is 0.219 e. The highest BCUT2D eigenvalue weighted by Crippen LogP contribution is 2.21. The van der Waals surface area contributed by atoms with Crippen molar-refractivity contribution >= 4 is 16.8 Å². The summed E-state index contributed by atoms with van der Waals surface area (Å²) in [6.07, 6.45) is 4.33. The lowest BCUT2D eigenvalue weighted by molar-refractivity contribution is -0.131. The summed E-state index contributed by atoms with van der Waals surface area (Å²) in [6.45, 7) is 6.52. The Bertz CT molecular complexity index is 959. The van der Waals surface area contributed by atoms with Gasteiger partial charge in [0, 0.05) is 56.7 Å². The van der Waals surface area contributed by atoms with Gasteiger partial charge in [0.2, 0.25) is 5.91 Å². The number of nitrogens with zero attached hydrogens (tertiary/aromatic N) is 2. The Morgan fingerprint density at radius 3 is 2.63 bits per heavy atom. The number of fused-ring (bicyclic) bond motifs is 1. The third-order valence-corrected chi connectivity index (χ3v) is 5.93. The quantitative estimate of drug-likeness (QED) is 0.580. The summed E-state index contributed by atoms with van der Waals surface area (Å²) >= 11 is 0. The van der Waals surface area contributed by atoms with Crippen LogP contribution in [0.4, 0.5) is 0 Å². The molecule has 30 heavy (non-hydrogen) atoms. The van der Waals surface area contributed by atoms with Gasteiger partial charge in [0.15, 0.2) is 0 Å². The Morgan fingerprint density at radius 2 is 1.87 bits per heavy atom. The fraction of sp³-hybridized carbons (Fsp3) is 0.400. The Labute approximate surface area is 178 Å². The van der Waals surface area contributed by atoms with Gasteiger partial charge in [-0.1, -0.05) is 42.5 Å². The van der Waals surface area contributed by atoms with Gasteiger partial charge in [-0.15, -0.1) is 0 Å². The molecule has 0 radical (unpaired) electrons. The first kappa shape index (κ1) is 20.6. The Hall–Kier alpha value is -2.63. The molecule has 0 saturated carbocycles. The molecule has 1 fully saturated rings. The summed E-state index contributed by atoms with van der Waals surface area (Å²) in [5.74, 6) is 0.168. The highest BCUT2D eigenvalue weighted by atomic mass is 16.5. The molecule has 5 nitrogen and oxygen atoms in total. The average Bonchev–Trinajstić information content (AvgIpc) is 3.18. The molecule has 1 aliphatic rings. The van der Waals surface area contributed by atoms with Crippen LogP contribution in [0.3, 0.4) is 0 Å². The van der Waals surface area contributed by atoms with E-state index in [2.05, 4.69) is 70.7 Å². The highest BCUT2D eigenvalue weighted by molar-refractivity contribution is 5.83. The summed E-state index contributed by atoms with van der Waals surface area (Å²) in [7, 11) is 0. The minimum absolute atomic E-state index is 0.168. The normalized spacial score (nSPS) is 15.0. The molecular formula is C25H31N3O2. The van der Waals surface area contributed by atoms with Gasteiger partial charge in [-0.3, -0.25) is 4.79 Å². The highest BCUT2D eigenvalue weighted by Gasteiger charge is 2.20. The average molecular weight is 406 g/mol. The van der Waals surface area contributed by atoms with E-state index in [1.807, 2.05) is 4.90 Å². The maximum atomic E-state index is 11.4. The van der Waals surface area contributed by atoms with E-state index >= 15 is 0 Å². The van der Waals surface area contributed by atoms with Crippen molar-refractivity contribution in [3.05, 3.63) is 71.9 Å². The van der Waals surface area contributed by atoms with Crippen LogP contribution in [0, 0.1) is 0 Å². The van der Waals surface area contributed by atoms with Gasteiger partial charge in [-0.2, -0.15) is 0 Å². The Morgan fingerprint density at radius 1 is 1.07 bits per heavy atom. The van der Waals surface area contributed by atoms with E-state index in [9.17, 15) is 4.79 Å². The molecule has 1 aliphatic heterocycles. The molecule has 5 heteroatoms. The van der Waals surface area contributed by atoms with Gasteiger partial charge < -0.3 is 19.5 Å². The number of benzene rings is 2. The molecule has 158 valence electrons. The van der Waals surface area contributed by atoms with Crippen molar-refractivity contribution in [2.75, 3.05) is 26.2 Å². The van der Waals surface area contributed by atoms with Gasteiger partial charge in [-0.05, 0) is 36.1 Å². The number of hydrogen-bond acceptors (Lipinski definition) is 3. The number of hydrogen-bond donors (Lipinski definition) is 1. The van der Waals surface area contributed by atoms with Crippen molar-refractivity contribution < 1.29 is 9.53 Å². The summed E-state index contributed by atoms with van der Waals surface area (Å²) in [5, 5.41) is 4.82. The first-order valence-electron chi connectivity index (χ1n) is 10.9. The standard InChI is InChI=1S/C25H31N3O2/c1-20(29)27-14-10-23(11-15-27)30-17-13-26-18-22-8-5-9-25-24(22)12-16-28(25)19-21-6-3-2-4-7-21/h2-9,12,16,23,26H,10-11,13-15,17-19H2,1H3. The summed E-state index contributed by atoms with van der Waals surface area (Å²) in [5.41, 5.74) is 3.89. The van der Waals surface area contributed by atoms with Crippen molar-refractivity contribution in [2.24, 2.45) is 0 Å². The number of rotatable bonds is 8.